The lowest BCUT2D eigenvalue weighted by Gasteiger charge is -2.05. The third-order valence-corrected chi connectivity index (χ3v) is 3.18. The molecule has 0 unspecified atom stereocenters. The van der Waals surface area contributed by atoms with E-state index in [-0.39, 0.29) is 5.91 Å². The molecule has 0 saturated heterocycles. The minimum atomic E-state index is 0.0101. The summed E-state index contributed by atoms with van der Waals surface area (Å²) in [5.41, 5.74) is 0. The highest BCUT2D eigenvalue weighted by Gasteiger charge is 2.07. The molecule has 0 fully saturated rings. The van der Waals surface area contributed by atoms with Gasteiger partial charge in [0.05, 0.1) is 4.88 Å². The van der Waals surface area contributed by atoms with Gasteiger partial charge in [0, 0.05) is 16.8 Å². The van der Waals surface area contributed by atoms with Crippen LogP contribution in [0.25, 0.3) is 0 Å². The maximum Gasteiger partial charge on any atom is 0.261 e. The Hall–Kier alpha value is -0.480. The Morgan fingerprint density at radius 3 is 2.86 bits per heavy atom. The molecular weight excluding hydrogens is 214 g/mol. The zero-order valence-electron chi connectivity index (χ0n) is 8.41. The summed E-state index contributed by atoms with van der Waals surface area (Å²) < 4.78 is 0. The van der Waals surface area contributed by atoms with E-state index in [9.17, 15) is 4.79 Å². The van der Waals surface area contributed by atoms with E-state index in [2.05, 4.69) is 31.8 Å². The van der Waals surface area contributed by atoms with Gasteiger partial charge in [-0.1, -0.05) is 13.8 Å². The summed E-state index contributed by atoms with van der Waals surface area (Å²) in [5, 5.41) is 4.74. The van der Waals surface area contributed by atoms with Crippen LogP contribution < -0.4 is 5.32 Å². The van der Waals surface area contributed by atoms with Crippen LogP contribution in [0.5, 0.6) is 0 Å². The normalized spacial score (nSPS) is 10.6. The first-order valence-corrected chi connectivity index (χ1v) is 5.98. The van der Waals surface area contributed by atoms with Gasteiger partial charge in [0.2, 0.25) is 0 Å². The summed E-state index contributed by atoms with van der Waals surface area (Å²) in [6.45, 7) is 5.03. The zero-order valence-corrected chi connectivity index (χ0v) is 10.1. The lowest BCUT2D eigenvalue weighted by Crippen LogP contribution is -2.24. The second-order valence-corrected chi connectivity index (χ2v) is 5.04. The Morgan fingerprint density at radius 2 is 2.36 bits per heavy atom. The second kappa shape index (κ2) is 5.41. The van der Waals surface area contributed by atoms with Crippen molar-refractivity contribution < 1.29 is 4.79 Å². The maximum atomic E-state index is 11.5. The van der Waals surface area contributed by atoms with Crippen LogP contribution in [0.4, 0.5) is 0 Å². The van der Waals surface area contributed by atoms with E-state index in [1.165, 1.54) is 11.3 Å². The molecule has 0 bridgehead atoms. The van der Waals surface area contributed by atoms with Gasteiger partial charge < -0.3 is 5.32 Å². The van der Waals surface area contributed by atoms with Gasteiger partial charge in [0.25, 0.3) is 5.91 Å². The molecule has 4 heteroatoms. The van der Waals surface area contributed by atoms with Crippen LogP contribution in [-0.4, -0.2) is 12.5 Å². The summed E-state index contributed by atoms with van der Waals surface area (Å²) in [4.78, 5) is 13.1. The minimum absolute atomic E-state index is 0.0101. The third kappa shape index (κ3) is 3.72. The molecule has 0 atom stereocenters. The number of hydrogen-bond donors (Lipinski definition) is 2. The highest BCUT2D eigenvalue weighted by atomic mass is 32.1. The van der Waals surface area contributed by atoms with Gasteiger partial charge in [-0.25, -0.2) is 0 Å². The Morgan fingerprint density at radius 1 is 1.64 bits per heavy atom. The van der Waals surface area contributed by atoms with Crippen molar-refractivity contribution in [2.75, 3.05) is 6.54 Å². The Kier molecular flexibility index (Phi) is 4.48. The first-order valence-electron chi connectivity index (χ1n) is 4.65. The molecule has 1 heterocycles. The molecule has 1 amide bonds. The summed E-state index contributed by atoms with van der Waals surface area (Å²) >= 11 is 5.58. The minimum Gasteiger partial charge on any atom is -0.351 e. The van der Waals surface area contributed by atoms with Gasteiger partial charge in [-0.05, 0) is 18.4 Å². The maximum absolute atomic E-state index is 11.5. The van der Waals surface area contributed by atoms with Gasteiger partial charge in [-0.15, -0.1) is 24.0 Å². The van der Waals surface area contributed by atoms with Crippen LogP contribution in [0.1, 0.15) is 29.9 Å². The van der Waals surface area contributed by atoms with Crippen LogP contribution in [-0.2, 0) is 0 Å². The van der Waals surface area contributed by atoms with E-state index < -0.39 is 0 Å². The fourth-order valence-electron chi connectivity index (χ4n) is 1.01. The topological polar surface area (TPSA) is 29.1 Å². The van der Waals surface area contributed by atoms with Gasteiger partial charge in [0.15, 0.2) is 0 Å². The number of rotatable bonds is 4. The molecule has 0 spiro atoms. The lowest BCUT2D eigenvalue weighted by molar-refractivity contribution is 0.0956. The summed E-state index contributed by atoms with van der Waals surface area (Å²) in [6, 6.07) is 1.79. The average molecular weight is 229 g/mol. The highest BCUT2D eigenvalue weighted by Crippen LogP contribution is 2.17. The number of carbonyl (C=O) groups is 1. The molecule has 0 aliphatic carbocycles. The SMILES string of the molecule is CC(C)CCNC(=O)c1cc(S)cs1. The molecule has 1 aromatic heterocycles. The predicted octanol–water partition coefficient (Wildman–Crippen LogP) is 2.81. The van der Waals surface area contributed by atoms with Crippen molar-refractivity contribution in [2.45, 2.75) is 25.2 Å². The van der Waals surface area contributed by atoms with E-state index in [0.717, 1.165) is 22.7 Å². The van der Waals surface area contributed by atoms with Crippen molar-refractivity contribution in [3.63, 3.8) is 0 Å². The van der Waals surface area contributed by atoms with Gasteiger partial charge in [0.1, 0.15) is 0 Å². The third-order valence-electron chi connectivity index (χ3n) is 1.82. The standard InChI is InChI=1S/C10H15NOS2/c1-7(2)3-4-11-10(12)9-5-8(13)6-14-9/h5-7,13H,3-4H2,1-2H3,(H,11,12). The summed E-state index contributed by atoms with van der Waals surface area (Å²) in [7, 11) is 0. The Balaban J connectivity index is 2.36. The summed E-state index contributed by atoms with van der Waals surface area (Å²) in [5.74, 6) is 0.634. The van der Waals surface area contributed by atoms with E-state index in [1.54, 1.807) is 6.07 Å². The van der Waals surface area contributed by atoms with E-state index in [0.29, 0.717) is 5.92 Å². The number of hydrogen-bond acceptors (Lipinski definition) is 3. The molecule has 0 aromatic carbocycles. The van der Waals surface area contributed by atoms with Crippen molar-refractivity contribution in [3.8, 4) is 0 Å². The smallest absolute Gasteiger partial charge is 0.261 e. The van der Waals surface area contributed by atoms with E-state index in [4.69, 9.17) is 0 Å². The largest absolute Gasteiger partial charge is 0.351 e. The highest BCUT2D eigenvalue weighted by molar-refractivity contribution is 7.80. The predicted molar refractivity (Wildman–Crippen MR) is 63.4 cm³/mol. The Bertz CT molecular complexity index is 307. The number of amides is 1. The van der Waals surface area contributed by atoms with Crippen LogP contribution in [0.3, 0.4) is 0 Å². The molecule has 1 N–H and O–H groups in total. The molecule has 0 aliphatic rings. The monoisotopic (exact) mass is 229 g/mol. The van der Waals surface area contributed by atoms with Crippen LogP contribution in [0.2, 0.25) is 0 Å². The molecular formula is C10H15NOS2. The quantitative estimate of drug-likeness (QED) is 0.764. The first kappa shape index (κ1) is 11.6. The van der Waals surface area contributed by atoms with E-state index in [1.807, 2.05) is 5.38 Å². The molecule has 0 saturated carbocycles. The van der Waals surface area contributed by atoms with Gasteiger partial charge >= 0.3 is 0 Å². The fourth-order valence-corrected chi connectivity index (χ4v) is 2.07. The average Bonchev–Trinajstić information content (AvgIpc) is 2.51. The number of thiol groups is 1. The first-order chi connectivity index (χ1) is 6.59. The number of carbonyl (C=O) groups excluding carboxylic acids is 1. The molecule has 14 heavy (non-hydrogen) atoms. The van der Waals surface area contributed by atoms with Crippen LogP contribution >= 0.6 is 24.0 Å². The van der Waals surface area contributed by atoms with E-state index >= 15 is 0 Å². The van der Waals surface area contributed by atoms with Crippen molar-refractivity contribution in [1.82, 2.24) is 5.32 Å². The van der Waals surface area contributed by atoms with Crippen molar-refractivity contribution in [3.05, 3.63) is 16.3 Å². The van der Waals surface area contributed by atoms with Gasteiger partial charge in [-0.3, -0.25) is 4.79 Å². The number of thiophene rings is 1. The molecule has 1 aromatic rings. The zero-order chi connectivity index (χ0) is 10.6. The molecule has 0 aliphatic heterocycles. The summed E-state index contributed by atoms with van der Waals surface area (Å²) in [6.07, 6.45) is 1.02. The van der Waals surface area contributed by atoms with Crippen LogP contribution in [0, 0.1) is 5.92 Å². The van der Waals surface area contributed by atoms with Crippen LogP contribution in [0.15, 0.2) is 16.3 Å². The van der Waals surface area contributed by atoms with Crippen molar-refractivity contribution in [1.29, 1.82) is 0 Å². The van der Waals surface area contributed by atoms with Crippen molar-refractivity contribution in [2.24, 2.45) is 5.92 Å². The molecule has 1 rings (SSSR count). The molecule has 2 nitrogen and oxygen atoms in total. The molecule has 0 radical (unpaired) electrons. The lowest BCUT2D eigenvalue weighted by atomic mass is 10.1. The van der Waals surface area contributed by atoms with Gasteiger partial charge in [-0.2, -0.15) is 0 Å². The Labute approximate surface area is 94.1 Å². The van der Waals surface area contributed by atoms with Crippen molar-refractivity contribution >= 4 is 29.9 Å². The second-order valence-electron chi connectivity index (χ2n) is 3.61. The number of nitrogens with one attached hydrogen (secondary N) is 1. The molecule has 78 valence electrons. The fraction of sp³-hybridized carbons (Fsp3) is 0.500.